The van der Waals surface area contributed by atoms with E-state index in [1.807, 2.05) is 0 Å². The van der Waals surface area contributed by atoms with Crippen LogP contribution in [0.5, 0.6) is 0 Å². The molecule has 30 heavy (non-hydrogen) atoms. The Bertz CT molecular complexity index is 970. The molecule has 8 heteroatoms. The molecule has 2 fully saturated rings. The van der Waals surface area contributed by atoms with Crippen molar-refractivity contribution in [2.75, 3.05) is 18.4 Å². The van der Waals surface area contributed by atoms with Gasteiger partial charge in [-0.25, -0.2) is 17.6 Å². The SMILES string of the molecule is O=C(c1ccc(F)c(F)c1Nc1ccc(F)cc1F)N1CC(O)(C2CCCCC2)C1. The quantitative estimate of drug-likeness (QED) is 0.699. The normalized spacial score (nSPS) is 18.8. The van der Waals surface area contributed by atoms with E-state index in [9.17, 15) is 27.5 Å². The van der Waals surface area contributed by atoms with Crippen LogP contribution in [-0.2, 0) is 0 Å². The molecule has 1 aliphatic carbocycles. The highest BCUT2D eigenvalue weighted by Crippen LogP contribution is 2.39. The number of anilines is 2. The molecule has 1 aliphatic heterocycles. The summed E-state index contributed by atoms with van der Waals surface area (Å²) in [6.07, 6.45) is 5.03. The minimum Gasteiger partial charge on any atom is -0.386 e. The fourth-order valence-electron chi connectivity index (χ4n) is 4.40. The number of β-amino-alcohol motifs (C(OH)–C–C–N with tert-alkyl or cyclic N) is 1. The maximum atomic E-state index is 14.5. The fourth-order valence-corrected chi connectivity index (χ4v) is 4.40. The first-order valence-corrected chi connectivity index (χ1v) is 10.0. The second-order valence-electron chi connectivity index (χ2n) is 8.13. The van der Waals surface area contributed by atoms with Gasteiger partial charge >= 0.3 is 0 Å². The van der Waals surface area contributed by atoms with Gasteiger partial charge in [-0.3, -0.25) is 4.79 Å². The van der Waals surface area contributed by atoms with Crippen molar-refractivity contribution in [1.29, 1.82) is 0 Å². The molecule has 0 atom stereocenters. The van der Waals surface area contributed by atoms with E-state index in [4.69, 9.17) is 0 Å². The van der Waals surface area contributed by atoms with Crippen LogP contribution in [0.15, 0.2) is 30.3 Å². The van der Waals surface area contributed by atoms with E-state index in [0.29, 0.717) is 6.07 Å². The van der Waals surface area contributed by atoms with Gasteiger partial charge < -0.3 is 15.3 Å². The predicted octanol–water partition coefficient (Wildman–Crippen LogP) is 4.75. The molecular weight excluding hydrogens is 400 g/mol. The van der Waals surface area contributed by atoms with Gasteiger partial charge in [-0.2, -0.15) is 0 Å². The van der Waals surface area contributed by atoms with Crippen LogP contribution in [0.25, 0.3) is 0 Å². The lowest BCUT2D eigenvalue weighted by molar-refractivity contribution is -0.127. The van der Waals surface area contributed by atoms with Crippen LogP contribution in [0.1, 0.15) is 42.5 Å². The molecule has 2 N–H and O–H groups in total. The van der Waals surface area contributed by atoms with Gasteiger partial charge in [0.05, 0.1) is 30.0 Å². The molecule has 2 aromatic carbocycles. The summed E-state index contributed by atoms with van der Waals surface area (Å²) in [5, 5.41) is 13.2. The van der Waals surface area contributed by atoms with E-state index in [0.717, 1.165) is 56.4 Å². The van der Waals surface area contributed by atoms with Gasteiger partial charge in [-0.05, 0) is 43.0 Å². The van der Waals surface area contributed by atoms with Gasteiger partial charge in [-0.1, -0.05) is 19.3 Å². The summed E-state index contributed by atoms with van der Waals surface area (Å²) < 4.78 is 55.4. The summed E-state index contributed by atoms with van der Waals surface area (Å²) >= 11 is 0. The molecule has 0 aromatic heterocycles. The number of aliphatic hydroxyl groups is 1. The Labute approximate surface area is 171 Å². The van der Waals surface area contributed by atoms with Crippen LogP contribution in [0.3, 0.4) is 0 Å². The summed E-state index contributed by atoms with van der Waals surface area (Å²) in [5.74, 6) is -4.86. The van der Waals surface area contributed by atoms with Gasteiger partial charge in [0.15, 0.2) is 11.6 Å². The van der Waals surface area contributed by atoms with Crippen molar-refractivity contribution in [3.8, 4) is 0 Å². The first-order chi connectivity index (χ1) is 14.3. The van der Waals surface area contributed by atoms with E-state index in [1.165, 1.54) is 4.90 Å². The van der Waals surface area contributed by atoms with E-state index in [-0.39, 0.29) is 30.3 Å². The molecule has 0 radical (unpaired) electrons. The maximum Gasteiger partial charge on any atom is 0.256 e. The zero-order valence-corrected chi connectivity index (χ0v) is 16.2. The Balaban J connectivity index is 1.57. The highest BCUT2D eigenvalue weighted by Gasteiger charge is 2.49. The highest BCUT2D eigenvalue weighted by molar-refractivity contribution is 6.01. The van der Waals surface area contributed by atoms with Crippen molar-refractivity contribution >= 4 is 17.3 Å². The molecule has 4 rings (SSSR count). The average molecular weight is 422 g/mol. The number of nitrogens with one attached hydrogen (secondary N) is 1. The number of nitrogens with zero attached hydrogens (tertiary/aromatic N) is 1. The lowest BCUT2D eigenvalue weighted by Crippen LogP contribution is -2.67. The molecule has 2 aliphatic rings. The lowest BCUT2D eigenvalue weighted by atomic mass is 9.72. The first kappa shape index (κ1) is 20.7. The number of carbonyl (C=O) groups excluding carboxylic acids is 1. The van der Waals surface area contributed by atoms with Crippen molar-refractivity contribution < 1.29 is 27.5 Å². The van der Waals surface area contributed by atoms with E-state index < -0.39 is 40.5 Å². The summed E-state index contributed by atoms with van der Waals surface area (Å²) in [4.78, 5) is 14.3. The Morgan fingerprint density at radius 1 is 1.00 bits per heavy atom. The molecule has 1 saturated carbocycles. The van der Waals surface area contributed by atoms with Gasteiger partial charge in [-0.15, -0.1) is 0 Å². The van der Waals surface area contributed by atoms with Gasteiger partial charge in [0.2, 0.25) is 0 Å². The minimum atomic E-state index is -1.34. The summed E-state index contributed by atoms with van der Waals surface area (Å²) in [5.41, 5.74) is -1.98. The van der Waals surface area contributed by atoms with E-state index in [2.05, 4.69) is 5.32 Å². The Kier molecular flexibility index (Phi) is 5.44. The standard InChI is InChI=1S/C22H22F4N2O2/c23-14-6-9-18(17(25)10-14)27-20-15(7-8-16(24)19(20)26)21(29)28-11-22(30,12-28)13-4-2-1-3-5-13/h6-10,13,27,30H,1-5,11-12H2. The van der Waals surface area contributed by atoms with Crippen LogP contribution in [0, 0.1) is 29.2 Å². The summed E-state index contributed by atoms with van der Waals surface area (Å²) in [6, 6.07) is 4.53. The molecule has 1 heterocycles. The fraction of sp³-hybridized carbons (Fsp3) is 0.409. The number of carbonyl (C=O) groups is 1. The van der Waals surface area contributed by atoms with Crippen LogP contribution in [-0.4, -0.2) is 34.6 Å². The maximum absolute atomic E-state index is 14.5. The molecule has 0 unspecified atom stereocenters. The second-order valence-corrected chi connectivity index (χ2v) is 8.13. The largest absolute Gasteiger partial charge is 0.386 e. The molecule has 1 saturated heterocycles. The number of rotatable bonds is 4. The third kappa shape index (κ3) is 3.76. The molecule has 4 nitrogen and oxygen atoms in total. The van der Waals surface area contributed by atoms with Crippen molar-refractivity contribution in [3.05, 3.63) is 59.2 Å². The number of hydrogen-bond acceptors (Lipinski definition) is 3. The van der Waals surface area contributed by atoms with Crippen LogP contribution >= 0.6 is 0 Å². The molecule has 0 bridgehead atoms. The molecule has 160 valence electrons. The Morgan fingerprint density at radius 3 is 2.37 bits per heavy atom. The van der Waals surface area contributed by atoms with E-state index >= 15 is 0 Å². The monoisotopic (exact) mass is 422 g/mol. The number of likely N-dealkylation sites (tertiary alicyclic amines) is 1. The van der Waals surface area contributed by atoms with Gasteiger partial charge in [0, 0.05) is 6.07 Å². The number of hydrogen-bond donors (Lipinski definition) is 2. The van der Waals surface area contributed by atoms with Crippen molar-refractivity contribution in [2.45, 2.75) is 37.7 Å². The third-order valence-electron chi connectivity index (χ3n) is 6.10. The Hall–Kier alpha value is -2.61. The zero-order chi connectivity index (χ0) is 21.5. The number of benzene rings is 2. The van der Waals surface area contributed by atoms with Gasteiger partial charge in [0.25, 0.3) is 5.91 Å². The molecule has 0 spiro atoms. The van der Waals surface area contributed by atoms with Crippen LogP contribution in [0.4, 0.5) is 28.9 Å². The average Bonchev–Trinajstić information content (AvgIpc) is 2.71. The molecule has 1 amide bonds. The lowest BCUT2D eigenvalue weighted by Gasteiger charge is -2.51. The summed E-state index contributed by atoms with van der Waals surface area (Å²) in [6.45, 7) is 0.222. The van der Waals surface area contributed by atoms with E-state index in [1.54, 1.807) is 0 Å². The highest BCUT2D eigenvalue weighted by atomic mass is 19.2. The van der Waals surface area contributed by atoms with Crippen molar-refractivity contribution in [1.82, 2.24) is 4.90 Å². The zero-order valence-electron chi connectivity index (χ0n) is 16.2. The van der Waals surface area contributed by atoms with Crippen molar-refractivity contribution in [2.24, 2.45) is 5.92 Å². The first-order valence-electron chi connectivity index (χ1n) is 10.0. The predicted molar refractivity (Wildman–Crippen MR) is 103 cm³/mol. The molecule has 2 aromatic rings. The van der Waals surface area contributed by atoms with Gasteiger partial charge in [0.1, 0.15) is 17.2 Å². The summed E-state index contributed by atoms with van der Waals surface area (Å²) in [7, 11) is 0. The number of amides is 1. The smallest absolute Gasteiger partial charge is 0.256 e. The number of halogens is 4. The van der Waals surface area contributed by atoms with Crippen molar-refractivity contribution in [3.63, 3.8) is 0 Å². The topological polar surface area (TPSA) is 52.6 Å². The van der Waals surface area contributed by atoms with Crippen LogP contribution in [0.2, 0.25) is 0 Å². The minimum absolute atomic E-state index is 0.111. The van der Waals surface area contributed by atoms with Crippen LogP contribution < -0.4 is 5.32 Å². The Morgan fingerprint density at radius 2 is 1.70 bits per heavy atom. The third-order valence-corrected chi connectivity index (χ3v) is 6.10. The second kappa shape index (κ2) is 7.91. The molecular formula is C22H22F4N2O2.